The van der Waals surface area contributed by atoms with E-state index < -0.39 is 0 Å². The molecule has 2 unspecified atom stereocenters. The number of nitrogens with zero attached hydrogens (tertiary/aromatic N) is 1. The fourth-order valence-electron chi connectivity index (χ4n) is 2.03. The number of hydrogen-bond donors (Lipinski definition) is 0. The lowest BCUT2D eigenvalue weighted by atomic mass is 10.0. The van der Waals surface area contributed by atoms with Crippen molar-refractivity contribution in [3.63, 3.8) is 0 Å². The first-order valence-corrected chi connectivity index (χ1v) is 7.27. The second kappa shape index (κ2) is 7.28. The maximum atomic E-state index is 12.2. The van der Waals surface area contributed by atoms with Crippen molar-refractivity contribution in [1.82, 2.24) is 4.90 Å². The van der Waals surface area contributed by atoms with Gasteiger partial charge in [0.15, 0.2) is 0 Å². The van der Waals surface area contributed by atoms with Gasteiger partial charge in [-0.25, -0.2) is 0 Å². The number of amides is 1. The molecule has 0 aliphatic carbocycles. The van der Waals surface area contributed by atoms with Gasteiger partial charge in [0.25, 0.3) is 0 Å². The van der Waals surface area contributed by atoms with Crippen molar-refractivity contribution in [2.75, 3.05) is 25.0 Å². The number of rotatable bonds is 6. The van der Waals surface area contributed by atoms with Crippen molar-refractivity contribution in [1.29, 1.82) is 0 Å². The molecule has 1 saturated heterocycles. The van der Waals surface area contributed by atoms with Crippen LogP contribution in [0.3, 0.4) is 0 Å². The number of carbonyl (C=O) groups excluding carboxylic acids is 1. The zero-order chi connectivity index (χ0) is 12.0. The van der Waals surface area contributed by atoms with Crippen molar-refractivity contribution < 1.29 is 9.53 Å². The molecule has 0 aromatic rings. The van der Waals surface area contributed by atoms with E-state index in [1.807, 2.05) is 11.8 Å². The maximum absolute atomic E-state index is 12.2. The van der Waals surface area contributed by atoms with Gasteiger partial charge in [-0.05, 0) is 19.8 Å². The minimum absolute atomic E-state index is 0.0888. The molecule has 0 saturated carbocycles. The Labute approximate surface area is 107 Å². The van der Waals surface area contributed by atoms with Gasteiger partial charge in [-0.3, -0.25) is 4.79 Å². The van der Waals surface area contributed by atoms with Gasteiger partial charge in [-0.2, -0.15) is 0 Å². The quantitative estimate of drug-likeness (QED) is 0.704. The Bertz CT molecular complexity index is 223. The van der Waals surface area contributed by atoms with E-state index in [1.165, 1.54) is 0 Å². The van der Waals surface area contributed by atoms with Crippen molar-refractivity contribution in [2.24, 2.45) is 5.92 Å². The van der Waals surface area contributed by atoms with E-state index in [1.54, 1.807) is 0 Å². The van der Waals surface area contributed by atoms with Crippen LogP contribution in [0.1, 0.15) is 33.1 Å². The van der Waals surface area contributed by atoms with Crippen molar-refractivity contribution in [3.8, 4) is 0 Å². The molecule has 94 valence electrons. The third kappa shape index (κ3) is 4.06. The summed E-state index contributed by atoms with van der Waals surface area (Å²) in [6, 6.07) is 0. The normalized spacial score (nSPS) is 24.7. The van der Waals surface area contributed by atoms with Gasteiger partial charge in [-0.1, -0.05) is 29.3 Å². The molecule has 0 radical (unpaired) electrons. The fourth-order valence-corrected chi connectivity index (χ4v) is 2.46. The van der Waals surface area contributed by atoms with E-state index in [0.29, 0.717) is 6.61 Å². The predicted molar refractivity (Wildman–Crippen MR) is 68.8 cm³/mol. The highest BCUT2D eigenvalue weighted by atomic mass is 79.9. The Balaban J connectivity index is 2.45. The number of alkyl halides is 1. The van der Waals surface area contributed by atoms with Crippen LogP contribution in [0, 0.1) is 5.92 Å². The van der Waals surface area contributed by atoms with Crippen molar-refractivity contribution in [2.45, 2.75) is 39.2 Å². The number of halogens is 1. The molecule has 1 amide bonds. The zero-order valence-electron chi connectivity index (χ0n) is 10.2. The molecule has 3 nitrogen and oxygen atoms in total. The number of carbonyl (C=O) groups is 1. The summed E-state index contributed by atoms with van der Waals surface area (Å²) in [6.45, 7) is 6.48. The van der Waals surface area contributed by atoms with Crippen LogP contribution in [-0.2, 0) is 9.53 Å². The van der Waals surface area contributed by atoms with Crippen molar-refractivity contribution >= 4 is 21.8 Å². The molecule has 2 atom stereocenters. The predicted octanol–water partition coefficient (Wildman–Crippen LogP) is 2.44. The summed E-state index contributed by atoms with van der Waals surface area (Å²) >= 11 is 3.41. The van der Waals surface area contributed by atoms with Crippen molar-refractivity contribution in [3.05, 3.63) is 0 Å². The van der Waals surface area contributed by atoms with Crippen LogP contribution in [0.5, 0.6) is 0 Å². The van der Waals surface area contributed by atoms with Crippen LogP contribution in [0.15, 0.2) is 0 Å². The molecule has 0 bridgehead atoms. The lowest BCUT2D eigenvalue weighted by molar-refractivity contribution is -0.135. The van der Waals surface area contributed by atoms with E-state index in [4.69, 9.17) is 4.74 Å². The number of ether oxygens (including phenoxy) is 1. The van der Waals surface area contributed by atoms with Crippen LogP contribution in [0.4, 0.5) is 0 Å². The minimum Gasteiger partial charge on any atom is -0.378 e. The van der Waals surface area contributed by atoms with E-state index in [9.17, 15) is 4.79 Å². The summed E-state index contributed by atoms with van der Waals surface area (Å²) in [4.78, 5) is 14.2. The number of unbranched alkanes of at least 4 members (excludes halogenated alkanes) is 1. The molecule has 1 aliphatic heterocycles. The second-order valence-corrected chi connectivity index (χ2v) is 5.24. The summed E-state index contributed by atoms with van der Waals surface area (Å²) in [5.41, 5.74) is 0. The molecular formula is C12H22BrNO2. The van der Waals surface area contributed by atoms with Gasteiger partial charge < -0.3 is 9.64 Å². The minimum atomic E-state index is 0.0888. The largest absolute Gasteiger partial charge is 0.378 e. The van der Waals surface area contributed by atoms with Crippen LogP contribution < -0.4 is 0 Å². The summed E-state index contributed by atoms with van der Waals surface area (Å²) < 4.78 is 5.46. The molecule has 1 aliphatic rings. The van der Waals surface area contributed by atoms with Crippen LogP contribution in [0.25, 0.3) is 0 Å². The Morgan fingerprint density at radius 3 is 2.75 bits per heavy atom. The smallest absolute Gasteiger partial charge is 0.228 e. The van der Waals surface area contributed by atoms with Crippen LogP contribution in [0.2, 0.25) is 0 Å². The van der Waals surface area contributed by atoms with Crippen LogP contribution >= 0.6 is 15.9 Å². The zero-order valence-corrected chi connectivity index (χ0v) is 11.8. The van der Waals surface area contributed by atoms with Gasteiger partial charge in [0.2, 0.25) is 5.91 Å². The average Bonchev–Trinajstić information content (AvgIpc) is 2.70. The molecule has 1 rings (SSSR count). The first-order valence-electron chi connectivity index (χ1n) is 6.15. The van der Waals surface area contributed by atoms with E-state index in [-0.39, 0.29) is 17.9 Å². The highest BCUT2D eigenvalue weighted by Crippen LogP contribution is 2.21. The highest BCUT2D eigenvalue weighted by Gasteiger charge is 2.30. The summed E-state index contributed by atoms with van der Waals surface area (Å²) in [5, 5.41) is 0.853. The molecule has 0 spiro atoms. The second-order valence-electron chi connectivity index (χ2n) is 4.44. The average molecular weight is 292 g/mol. The molecule has 0 N–H and O–H groups in total. The molecule has 0 aromatic heterocycles. The molecule has 4 heteroatoms. The molecular weight excluding hydrogens is 270 g/mol. The van der Waals surface area contributed by atoms with Gasteiger partial charge in [0.1, 0.15) is 0 Å². The van der Waals surface area contributed by atoms with E-state index in [0.717, 1.165) is 37.7 Å². The Hall–Kier alpha value is -0.0900. The molecule has 0 aromatic carbocycles. The first kappa shape index (κ1) is 14.0. The van der Waals surface area contributed by atoms with E-state index in [2.05, 4.69) is 22.9 Å². The van der Waals surface area contributed by atoms with Gasteiger partial charge in [-0.15, -0.1) is 0 Å². The van der Waals surface area contributed by atoms with Gasteiger partial charge in [0.05, 0.1) is 18.6 Å². The third-order valence-electron chi connectivity index (χ3n) is 3.00. The molecule has 1 heterocycles. The van der Waals surface area contributed by atoms with Crippen LogP contribution in [-0.4, -0.2) is 41.9 Å². The Morgan fingerprint density at radius 1 is 1.50 bits per heavy atom. The summed E-state index contributed by atoms with van der Waals surface area (Å²) in [5.74, 6) is 0.364. The maximum Gasteiger partial charge on any atom is 0.228 e. The van der Waals surface area contributed by atoms with Gasteiger partial charge >= 0.3 is 0 Å². The first-order chi connectivity index (χ1) is 7.69. The number of hydrogen-bond acceptors (Lipinski definition) is 2. The molecule has 16 heavy (non-hydrogen) atoms. The Kier molecular flexibility index (Phi) is 6.36. The SMILES string of the molecule is CCCCN(CCBr)C(=O)C1COC(C)C1. The summed E-state index contributed by atoms with van der Waals surface area (Å²) in [6.07, 6.45) is 3.33. The lowest BCUT2D eigenvalue weighted by Gasteiger charge is -2.24. The third-order valence-corrected chi connectivity index (χ3v) is 3.35. The standard InChI is InChI=1S/C12H22BrNO2/c1-3-4-6-14(7-5-13)12(15)11-8-10(2)16-9-11/h10-11H,3-9H2,1-2H3. The topological polar surface area (TPSA) is 29.5 Å². The molecule has 1 fully saturated rings. The Morgan fingerprint density at radius 2 is 2.25 bits per heavy atom. The monoisotopic (exact) mass is 291 g/mol. The fraction of sp³-hybridized carbons (Fsp3) is 0.917. The van der Waals surface area contributed by atoms with Gasteiger partial charge in [0, 0.05) is 18.4 Å². The summed E-state index contributed by atoms with van der Waals surface area (Å²) in [7, 11) is 0. The lowest BCUT2D eigenvalue weighted by Crippen LogP contribution is -2.38. The van der Waals surface area contributed by atoms with E-state index >= 15 is 0 Å². The highest BCUT2D eigenvalue weighted by molar-refractivity contribution is 9.09.